The molecule has 0 bridgehead atoms. The molecule has 30 heavy (non-hydrogen) atoms. The number of hydrogen-bond donors (Lipinski definition) is 1. The predicted molar refractivity (Wildman–Crippen MR) is 120 cm³/mol. The Morgan fingerprint density at radius 1 is 1.30 bits per heavy atom. The summed E-state index contributed by atoms with van der Waals surface area (Å²) < 4.78 is 8.32. The van der Waals surface area contributed by atoms with E-state index in [1.165, 1.54) is 6.33 Å². The second kappa shape index (κ2) is 9.86. The van der Waals surface area contributed by atoms with Gasteiger partial charge in [0, 0.05) is 27.6 Å². The quantitative estimate of drug-likeness (QED) is 0.532. The maximum atomic E-state index is 6.55. The topological polar surface area (TPSA) is 52.0 Å². The highest BCUT2D eigenvalue weighted by molar-refractivity contribution is 6.35. The largest absolute Gasteiger partial charge is 0.364 e. The van der Waals surface area contributed by atoms with Crippen LogP contribution in [0.2, 0.25) is 10.0 Å². The van der Waals surface area contributed by atoms with Crippen LogP contribution in [-0.2, 0) is 16.9 Å². The van der Waals surface area contributed by atoms with Crippen LogP contribution in [0.15, 0.2) is 30.9 Å². The second-order valence-corrected chi connectivity index (χ2v) is 9.27. The second-order valence-electron chi connectivity index (χ2n) is 8.42. The summed E-state index contributed by atoms with van der Waals surface area (Å²) in [5, 5.41) is 8.79. The molecule has 0 aliphatic carbocycles. The molecule has 0 amide bonds. The Balaban J connectivity index is 1.65. The standard InChI is InChI=1S/C23H26Cl2N4O/c1-22(2,3)10-5-4-6-12-26-14-19-9-11-23(30-19,15-29-17-27-16-28-29)20-8-7-18(24)13-21(20)25/h7-8,13,16-17,19,26H,9,11-12,14-15H2,1-3H3/t19-,23+/m1/s1. The molecule has 1 fully saturated rings. The number of halogens is 2. The Kier molecular flexibility index (Phi) is 7.45. The molecule has 1 aromatic carbocycles. The third-order valence-electron chi connectivity index (χ3n) is 4.74. The molecule has 1 aromatic heterocycles. The summed E-state index contributed by atoms with van der Waals surface area (Å²) >= 11 is 12.6. The van der Waals surface area contributed by atoms with E-state index in [4.69, 9.17) is 27.9 Å². The molecule has 2 atom stereocenters. The average Bonchev–Trinajstić information content (AvgIpc) is 3.31. The lowest BCUT2D eigenvalue weighted by molar-refractivity contribution is -0.0577. The molecule has 0 spiro atoms. The Morgan fingerprint density at radius 2 is 2.13 bits per heavy atom. The molecule has 2 aromatic rings. The van der Waals surface area contributed by atoms with E-state index >= 15 is 0 Å². The number of nitrogens with one attached hydrogen (secondary N) is 1. The normalized spacial score (nSPS) is 20.9. The van der Waals surface area contributed by atoms with Crippen molar-refractivity contribution in [2.75, 3.05) is 13.1 Å². The molecule has 1 aliphatic heterocycles. The molecule has 3 rings (SSSR count). The minimum atomic E-state index is -0.578. The SMILES string of the molecule is CC(C)(C)C#CC#CCNC[C@H]1CC[C@](Cn2cncn2)(c2ccc(Cl)cc2Cl)O1. The molecule has 158 valence electrons. The summed E-state index contributed by atoms with van der Waals surface area (Å²) in [6.45, 7) is 8.00. The van der Waals surface area contributed by atoms with Crippen LogP contribution in [0.3, 0.4) is 0 Å². The smallest absolute Gasteiger partial charge is 0.137 e. The summed E-state index contributed by atoms with van der Waals surface area (Å²) in [4.78, 5) is 4.05. The molecule has 0 saturated carbocycles. The highest BCUT2D eigenvalue weighted by Crippen LogP contribution is 2.44. The van der Waals surface area contributed by atoms with Crippen LogP contribution in [0.1, 0.15) is 39.2 Å². The van der Waals surface area contributed by atoms with Gasteiger partial charge in [-0.2, -0.15) is 5.10 Å². The monoisotopic (exact) mass is 444 g/mol. The van der Waals surface area contributed by atoms with Gasteiger partial charge in [-0.1, -0.05) is 41.1 Å². The Morgan fingerprint density at radius 3 is 2.83 bits per heavy atom. The summed E-state index contributed by atoms with van der Waals surface area (Å²) in [7, 11) is 0. The van der Waals surface area contributed by atoms with Gasteiger partial charge in [0.2, 0.25) is 0 Å². The number of rotatable bonds is 6. The first kappa shape index (κ1) is 22.7. The van der Waals surface area contributed by atoms with Gasteiger partial charge in [-0.15, -0.1) is 0 Å². The van der Waals surface area contributed by atoms with E-state index < -0.39 is 5.60 Å². The fourth-order valence-electron chi connectivity index (χ4n) is 3.41. The molecule has 1 N–H and O–H groups in total. The van der Waals surface area contributed by atoms with E-state index in [1.807, 2.05) is 12.1 Å². The van der Waals surface area contributed by atoms with Crippen LogP contribution in [0.5, 0.6) is 0 Å². The minimum Gasteiger partial charge on any atom is -0.364 e. The molecule has 2 heterocycles. The summed E-state index contributed by atoms with van der Waals surface area (Å²) in [6.07, 6.45) is 4.98. The van der Waals surface area contributed by atoms with Crippen molar-refractivity contribution in [2.45, 2.75) is 51.9 Å². The van der Waals surface area contributed by atoms with Crippen molar-refractivity contribution in [3.05, 3.63) is 46.5 Å². The lowest BCUT2D eigenvalue weighted by Crippen LogP contribution is -2.35. The number of benzene rings is 1. The maximum Gasteiger partial charge on any atom is 0.137 e. The molecule has 1 aliphatic rings. The molecular weight excluding hydrogens is 419 g/mol. The molecular formula is C23H26Cl2N4O. The highest BCUT2D eigenvalue weighted by Gasteiger charge is 2.43. The van der Waals surface area contributed by atoms with Crippen molar-refractivity contribution in [1.29, 1.82) is 0 Å². The first-order chi connectivity index (χ1) is 14.3. The van der Waals surface area contributed by atoms with Gasteiger partial charge < -0.3 is 10.1 Å². The average molecular weight is 445 g/mol. The highest BCUT2D eigenvalue weighted by atomic mass is 35.5. The lowest BCUT2D eigenvalue weighted by Gasteiger charge is -2.31. The lowest BCUT2D eigenvalue weighted by atomic mass is 9.90. The fourth-order valence-corrected chi connectivity index (χ4v) is 3.99. The van der Waals surface area contributed by atoms with Crippen molar-refractivity contribution < 1.29 is 4.74 Å². The van der Waals surface area contributed by atoms with Gasteiger partial charge in [-0.25, -0.2) is 9.67 Å². The zero-order valence-corrected chi connectivity index (χ0v) is 19.0. The Bertz CT molecular complexity index is 977. The van der Waals surface area contributed by atoms with Gasteiger partial charge in [-0.05, 0) is 57.6 Å². The summed E-state index contributed by atoms with van der Waals surface area (Å²) in [6, 6.07) is 5.54. The number of nitrogens with zero attached hydrogens (tertiary/aromatic N) is 3. The van der Waals surface area contributed by atoms with E-state index in [-0.39, 0.29) is 11.5 Å². The van der Waals surface area contributed by atoms with Crippen molar-refractivity contribution >= 4 is 23.2 Å². The Hall–Kier alpha value is -2.02. The fraction of sp³-hybridized carbons (Fsp3) is 0.478. The van der Waals surface area contributed by atoms with E-state index in [2.05, 4.69) is 59.9 Å². The van der Waals surface area contributed by atoms with Crippen LogP contribution in [-0.4, -0.2) is 34.0 Å². The molecule has 7 heteroatoms. The van der Waals surface area contributed by atoms with E-state index in [9.17, 15) is 0 Å². The number of hydrogen-bond acceptors (Lipinski definition) is 4. The van der Waals surface area contributed by atoms with Crippen molar-refractivity contribution in [3.63, 3.8) is 0 Å². The van der Waals surface area contributed by atoms with Gasteiger partial charge >= 0.3 is 0 Å². The zero-order chi connectivity index (χ0) is 21.6. The Labute approximate surface area is 188 Å². The van der Waals surface area contributed by atoms with Gasteiger partial charge in [0.05, 0.1) is 19.2 Å². The maximum absolute atomic E-state index is 6.55. The van der Waals surface area contributed by atoms with Gasteiger partial charge in [0.15, 0.2) is 0 Å². The first-order valence-electron chi connectivity index (χ1n) is 9.94. The van der Waals surface area contributed by atoms with Crippen LogP contribution in [0, 0.1) is 29.1 Å². The van der Waals surface area contributed by atoms with Crippen LogP contribution < -0.4 is 5.32 Å². The summed E-state index contributed by atoms with van der Waals surface area (Å²) in [5.74, 6) is 11.9. The minimum absolute atomic E-state index is 0.0316. The molecule has 0 radical (unpaired) electrons. The van der Waals surface area contributed by atoms with Crippen molar-refractivity contribution in [1.82, 2.24) is 20.1 Å². The van der Waals surface area contributed by atoms with Crippen LogP contribution in [0.4, 0.5) is 0 Å². The third-order valence-corrected chi connectivity index (χ3v) is 5.29. The van der Waals surface area contributed by atoms with Crippen molar-refractivity contribution in [2.24, 2.45) is 5.41 Å². The first-order valence-corrected chi connectivity index (χ1v) is 10.7. The van der Waals surface area contributed by atoms with Gasteiger partial charge in [0.25, 0.3) is 0 Å². The molecule has 5 nitrogen and oxygen atoms in total. The summed E-state index contributed by atoms with van der Waals surface area (Å²) in [5.41, 5.74) is 0.311. The number of ether oxygens (including phenoxy) is 1. The van der Waals surface area contributed by atoms with Gasteiger partial charge in [-0.3, -0.25) is 0 Å². The van der Waals surface area contributed by atoms with E-state index in [1.54, 1.807) is 17.1 Å². The third kappa shape index (κ3) is 6.24. The van der Waals surface area contributed by atoms with Crippen molar-refractivity contribution in [3.8, 4) is 23.7 Å². The van der Waals surface area contributed by atoms with E-state index in [0.717, 1.165) is 18.4 Å². The van der Waals surface area contributed by atoms with E-state index in [0.29, 0.717) is 29.7 Å². The van der Waals surface area contributed by atoms with Gasteiger partial charge in [0.1, 0.15) is 18.3 Å². The predicted octanol–water partition coefficient (Wildman–Crippen LogP) is 4.30. The van der Waals surface area contributed by atoms with Crippen LogP contribution >= 0.6 is 23.2 Å². The van der Waals surface area contributed by atoms with Crippen LogP contribution in [0.25, 0.3) is 0 Å². The molecule has 0 unspecified atom stereocenters. The molecule has 1 saturated heterocycles. The zero-order valence-electron chi connectivity index (χ0n) is 17.5. The number of aromatic nitrogens is 3.